The maximum atomic E-state index is 12.1. The summed E-state index contributed by atoms with van der Waals surface area (Å²) in [4.78, 5) is 16.5. The van der Waals surface area contributed by atoms with Gasteiger partial charge in [0.15, 0.2) is 0 Å². The highest BCUT2D eigenvalue weighted by Crippen LogP contribution is 2.33. The van der Waals surface area contributed by atoms with Crippen LogP contribution in [0.1, 0.15) is 44.1 Å². The van der Waals surface area contributed by atoms with E-state index in [1.54, 1.807) is 27.0 Å². The average molecular weight is 383 g/mol. The molecule has 28 heavy (non-hydrogen) atoms. The van der Waals surface area contributed by atoms with E-state index >= 15 is 0 Å². The highest BCUT2D eigenvalue weighted by atomic mass is 16.5. The number of hydrogen-bond donors (Lipinski definition) is 3. The second kappa shape index (κ2) is 7.12. The number of pyridine rings is 1. The molecule has 0 aliphatic carbocycles. The number of ether oxygens (including phenoxy) is 1. The number of primary amides is 1. The molecular formula is C20H25N5O3. The maximum absolute atomic E-state index is 12.1. The van der Waals surface area contributed by atoms with Crippen molar-refractivity contribution in [2.24, 2.45) is 5.73 Å². The molecule has 2 heterocycles. The van der Waals surface area contributed by atoms with E-state index in [2.05, 4.69) is 10.1 Å². The van der Waals surface area contributed by atoms with Gasteiger partial charge in [-0.2, -0.15) is 5.10 Å². The molecule has 1 unspecified atom stereocenters. The number of amides is 1. The van der Waals surface area contributed by atoms with E-state index in [4.69, 9.17) is 16.2 Å². The summed E-state index contributed by atoms with van der Waals surface area (Å²) in [6, 6.07) is 6.99. The summed E-state index contributed by atoms with van der Waals surface area (Å²) in [6.07, 6.45) is 1.62. The third-order valence-corrected chi connectivity index (χ3v) is 4.82. The summed E-state index contributed by atoms with van der Waals surface area (Å²) >= 11 is 0. The summed E-state index contributed by atoms with van der Waals surface area (Å²) in [6.45, 7) is 7.56. The summed E-state index contributed by atoms with van der Waals surface area (Å²) < 4.78 is 6.93. The van der Waals surface area contributed by atoms with Crippen molar-refractivity contribution in [3.63, 3.8) is 0 Å². The molecule has 148 valence electrons. The first kappa shape index (κ1) is 19.6. The molecule has 0 spiro atoms. The second-order valence-corrected chi connectivity index (χ2v) is 7.26. The van der Waals surface area contributed by atoms with Crippen molar-refractivity contribution >= 4 is 22.6 Å². The number of aromatic nitrogens is 3. The quantitative estimate of drug-likeness (QED) is 0.600. The largest absolute Gasteiger partial charge is 0.494 e. The van der Waals surface area contributed by atoms with Crippen molar-refractivity contribution in [2.45, 2.75) is 39.3 Å². The van der Waals surface area contributed by atoms with E-state index < -0.39 is 17.6 Å². The Hall–Kier alpha value is -3.13. The first-order chi connectivity index (χ1) is 13.1. The van der Waals surface area contributed by atoms with E-state index in [9.17, 15) is 9.90 Å². The highest BCUT2D eigenvalue weighted by Gasteiger charge is 2.30. The van der Waals surface area contributed by atoms with Crippen LogP contribution in [-0.4, -0.2) is 38.0 Å². The Morgan fingerprint density at radius 2 is 2.07 bits per heavy atom. The van der Waals surface area contributed by atoms with Crippen LogP contribution in [0.15, 0.2) is 30.5 Å². The topological polar surface area (TPSA) is 129 Å². The summed E-state index contributed by atoms with van der Waals surface area (Å²) in [5.74, 6) is 0.165. The fourth-order valence-corrected chi connectivity index (χ4v) is 2.97. The van der Waals surface area contributed by atoms with Crippen LogP contribution >= 0.6 is 0 Å². The van der Waals surface area contributed by atoms with E-state index in [1.165, 1.54) is 4.68 Å². The van der Waals surface area contributed by atoms with Crippen LogP contribution in [0.5, 0.6) is 5.75 Å². The van der Waals surface area contributed by atoms with Gasteiger partial charge in [-0.3, -0.25) is 9.78 Å². The molecule has 0 aliphatic rings. The number of aliphatic hydroxyl groups is 1. The van der Waals surface area contributed by atoms with Gasteiger partial charge in [-0.15, -0.1) is 0 Å². The van der Waals surface area contributed by atoms with Gasteiger partial charge in [0.05, 0.1) is 23.8 Å². The van der Waals surface area contributed by atoms with Crippen LogP contribution in [0.25, 0.3) is 22.2 Å². The molecule has 0 bridgehead atoms. The van der Waals surface area contributed by atoms with Crippen molar-refractivity contribution in [1.82, 2.24) is 14.8 Å². The van der Waals surface area contributed by atoms with Crippen LogP contribution in [0.4, 0.5) is 5.82 Å². The Kier molecular flexibility index (Phi) is 4.99. The van der Waals surface area contributed by atoms with Crippen LogP contribution in [0.3, 0.4) is 0 Å². The smallest absolute Gasteiger partial charge is 0.254 e. The number of carbonyl (C=O) groups is 1. The normalized spacial score (nSPS) is 12.9. The Labute approximate surface area is 163 Å². The molecule has 3 rings (SSSR count). The zero-order valence-corrected chi connectivity index (χ0v) is 16.4. The SMILES string of the molecule is CCOc1ccc2cc(-c3nn(C(C)C(C)(C)O)c(N)c3C(N)=O)cnc2c1. The van der Waals surface area contributed by atoms with Gasteiger partial charge in [-0.25, -0.2) is 4.68 Å². The molecule has 0 aliphatic heterocycles. The van der Waals surface area contributed by atoms with E-state index in [0.717, 1.165) is 16.7 Å². The van der Waals surface area contributed by atoms with Crippen LogP contribution in [0.2, 0.25) is 0 Å². The first-order valence-electron chi connectivity index (χ1n) is 9.06. The number of anilines is 1. The molecule has 0 saturated heterocycles. The predicted octanol–water partition coefficient (Wildman–Crippen LogP) is 2.51. The van der Waals surface area contributed by atoms with Gasteiger partial charge in [-0.1, -0.05) is 0 Å². The minimum absolute atomic E-state index is 0.114. The minimum atomic E-state index is -1.09. The summed E-state index contributed by atoms with van der Waals surface area (Å²) in [5.41, 5.74) is 12.5. The lowest BCUT2D eigenvalue weighted by atomic mass is 10.0. The van der Waals surface area contributed by atoms with Crippen molar-refractivity contribution in [1.29, 1.82) is 0 Å². The number of carbonyl (C=O) groups excluding carboxylic acids is 1. The van der Waals surface area contributed by atoms with E-state index in [0.29, 0.717) is 17.9 Å². The van der Waals surface area contributed by atoms with Gasteiger partial charge in [0, 0.05) is 23.2 Å². The minimum Gasteiger partial charge on any atom is -0.494 e. The molecular weight excluding hydrogens is 358 g/mol. The zero-order chi connectivity index (χ0) is 20.6. The number of hydrogen-bond acceptors (Lipinski definition) is 6. The zero-order valence-electron chi connectivity index (χ0n) is 16.4. The third-order valence-electron chi connectivity index (χ3n) is 4.82. The number of rotatable bonds is 6. The van der Waals surface area contributed by atoms with E-state index in [1.807, 2.05) is 31.2 Å². The van der Waals surface area contributed by atoms with Gasteiger partial charge in [-0.05, 0) is 45.9 Å². The van der Waals surface area contributed by atoms with E-state index in [-0.39, 0.29) is 11.4 Å². The lowest BCUT2D eigenvalue weighted by Gasteiger charge is -2.26. The molecule has 1 atom stereocenters. The molecule has 8 nitrogen and oxygen atoms in total. The number of fused-ring (bicyclic) bond motifs is 1. The lowest BCUT2D eigenvalue weighted by Crippen LogP contribution is -2.32. The second-order valence-electron chi connectivity index (χ2n) is 7.26. The average Bonchev–Trinajstić information content (AvgIpc) is 2.97. The maximum Gasteiger partial charge on any atom is 0.254 e. The summed E-state index contributed by atoms with van der Waals surface area (Å²) in [5, 5.41) is 15.7. The highest BCUT2D eigenvalue weighted by molar-refractivity contribution is 6.03. The molecule has 5 N–H and O–H groups in total. The predicted molar refractivity (Wildman–Crippen MR) is 108 cm³/mol. The molecule has 3 aromatic rings. The fourth-order valence-electron chi connectivity index (χ4n) is 2.97. The third kappa shape index (κ3) is 3.50. The Bertz CT molecular complexity index is 1040. The first-order valence-corrected chi connectivity index (χ1v) is 9.06. The lowest BCUT2D eigenvalue weighted by molar-refractivity contribution is 0.0267. The molecule has 0 saturated carbocycles. The monoisotopic (exact) mass is 383 g/mol. The van der Waals surface area contributed by atoms with Gasteiger partial charge in [0.1, 0.15) is 22.8 Å². The number of nitrogen functional groups attached to an aromatic ring is 1. The van der Waals surface area contributed by atoms with Gasteiger partial charge in [0.25, 0.3) is 5.91 Å². The van der Waals surface area contributed by atoms with Gasteiger partial charge >= 0.3 is 0 Å². The Morgan fingerprint density at radius 3 is 2.68 bits per heavy atom. The van der Waals surface area contributed by atoms with Crippen molar-refractivity contribution < 1.29 is 14.6 Å². The standard InChI is InChI=1S/C20H25N5O3/c1-5-28-14-7-6-12-8-13(10-23-15(12)9-14)17-16(19(22)26)18(21)25(24-17)11(2)20(3,4)27/h6-11,27H,5,21H2,1-4H3,(H2,22,26). The van der Waals surface area contributed by atoms with Crippen LogP contribution in [0, 0.1) is 0 Å². The Morgan fingerprint density at radius 1 is 1.36 bits per heavy atom. The van der Waals surface area contributed by atoms with Crippen LogP contribution < -0.4 is 16.2 Å². The molecule has 1 aromatic carbocycles. The number of nitrogens with two attached hydrogens (primary N) is 2. The van der Waals surface area contributed by atoms with Gasteiger partial charge in [0.2, 0.25) is 0 Å². The molecule has 0 radical (unpaired) electrons. The van der Waals surface area contributed by atoms with Crippen molar-refractivity contribution in [2.75, 3.05) is 12.3 Å². The van der Waals surface area contributed by atoms with Crippen molar-refractivity contribution in [3.05, 3.63) is 36.0 Å². The van der Waals surface area contributed by atoms with Crippen LogP contribution in [-0.2, 0) is 0 Å². The number of nitrogens with zero attached hydrogens (tertiary/aromatic N) is 3. The molecule has 1 amide bonds. The summed E-state index contributed by atoms with van der Waals surface area (Å²) in [7, 11) is 0. The molecule has 0 fully saturated rings. The fraction of sp³-hybridized carbons (Fsp3) is 0.350. The molecule has 2 aromatic heterocycles. The van der Waals surface area contributed by atoms with Crippen molar-refractivity contribution in [3.8, 4) is 17.0 Å². The molecule has 8 heteroatoms. The number of benzene rings is 1. The van der Waals surface area contributed by atoms with Gasteiger partial charge < -0.3 is 21.3 Å². The Balaban J connectivity index is 2.14.